The van der Waals surface area contributed by atoms with Crippen LogP contribution in [0.2, 0.25) is 0 Å². The number of hydrogen-bond acceptors (Lipinski definition) is 6. The standard InChI is InChI=1S/C20H25N3O3S/c1-25-15-6-4-7-16(26-2)19(15)20(24)23-11-9-22(10-12-23)13-18-21-14-5-3-8-17(14)27-18/h4,6-7H,3,5,8-13H2,1-2H3. The summed E-state index contributed by atoms with van der Waals surface area (Å²) in [4.78, 5) is 23.6. The second-order valence-corrected chi connectivity index (χ2v) is 8.11. The Bertz CT molecular complexity index is 784. The van der Waals surface area contributed by atoms with Crippen LogP contribution in [0.1, 0.15) is 32.4 Å². The summed E-state index contributed by atoms with van der Waals surface area (Å²) in [6.45, 7) is 3.99. The number of nitrogens with zero attached hydrogens (tertiary/aromatic N) is 3. The summed E-state index contributed by atoms with van der Waals surface area (Å²) in [7, 11) is 3.16. The van der Waals surface area contributed by atoms with Crippen molar-refractivity contribution >= 4 is 17.2 Å². The minimum absolute atomic E-state index is 0.0304. The number of aromatic nitrogens is 1. The molecule has 0 saturated carbocycles. The highest BCUT2D eigenvalue weighted by Crippen LogP contribution is 2.31. The average molecular weight is 388 g/mol. The predicted octanol–water partition coefficient (Wildman–Crippen LogP) is 2.61. The number of hydrogen-bond donors (Lipinski definition) is 0. The number of aryl methyl sites for hydroxylation is 2. The van der Waals surface area contributed by atoms with E-state index < -0.39 is 0 Å². The highest BCUT2D eigenvalue weighted by molar-refractivity contribution is 7.11. The maximum absolute atomic E-state index is 13.1. The van der Waals surface area contributed by atoms with Crippen LogP contribution in [0.3, 0.4) is 0 Å². The second-order valence-electron chi connectivity index (χ2n) is 6.94. The molecular formula is C20H25N3O3S. The number of carbonyl (C=O) groups is 1. The van der Waals surface area contributed by atoms with Gasteiger partial charge in [-0.2, -0.15) is 0 Å². The van der Waals surface area contributed by atoms with Gasteiger partial charge in [0.1, 0.15) is 22.1 Å². The zero-order valence-electron chi connectivity index (χ0n) is 15.9. The van der Waals surface area contributed by atoms with Crippen LogP contribution < -0.4 is 9.47 Å². The minimum atomic E-state index is -0.0304. The van der Waals surface area contributed by atoms with Crippen LogP contribution in [0.15, 0.2) is 18.2 Å². The van der Waals surface area contributed by atoms with Crippen LogP contribution in [-0.2, 0) is 19.4 Å². The summed E-state index contributed by atoms with van der Waals surface area (Å²) in [5.41, 5.74) is 1.82. The molecule has 7 heteroatoms. The van der Waals surface area contributed by atoms with E-state index in [9.17, 15) is 4.79 Å². The molecule has 2 aliphatic rings. The minimum Gasteiger partial charge on any atom is -0.496 e. The van der Waals surface area contributed by atoms with Crippen molar-refractivity contribution in [1.29, 1.82) is 0 Å². The summed E-state index contributed by atoms with van der Waals surface area (Å²) in [5, 5.41) is 1.21. The number of benzene rings is 1. The van der Waals surface area contributed by atoms with Gasteiger partial charge < -0.3 is 14.4 Å². The number of carbonyl (C=O) groups excluding carboxylic acids is 1. The Balaban J connectivity index is 1.39. The molecule has 1 aromatic carbocycles. The van der Waals surface area contributed by atoms with Gasteiger partial charge in [-0.25, -0.2) is 4.98 Å². The van der Waals surface area contributed by atoms with Crippen molar-refractivity contribution in [1.82, 2.24) is 14.8 Å². The van der Waals surface area contributed by atoms with Gasteiger partial charge in [0.2, 0.25) is 0 Å². The third-order valence-corrected chi connectivity index (χ3v) is 6.44. The van der Waals surface area contributed by atoms with E-state index in [0.717, 1.165) is 26.1 Å². The Morgan fingerprint density at radius 2 is 1.81 bits per heavy atom. The fourth-order valence-electron chi connectivity index (χ4n) is 3.83. The lowest BCUT2D eigenvalue weighted by molar-refractivity contribution is 0.0622. The van der Waals surface area contributed by atoms with E-state index in [1.54, 1.807) is 26.4 Å². The summed E-state index contributed by atoms with van der Waals surface area (Å²) in [5.74, 6) is 1.08. The summed E-state index contributed by atoms with van der Waals surface area (Å²) in [6, 6.07) is 5.43. The monoisotopic (exact) mass is 387 g/mol. The zero-order valence-corrected chi connectivity index (χ0v) is 16.7. The molecule has 0 atom stereocenters. The molecule has 0 radical (unpaired) electrons. The Kier molecular flexibility index (Phi) is 5.31. The van der Waals surface area contributed by atoms with Crippen molar-refractivity contribution in [3.05, 3.63) is 39.3 Å². The molecule has 2 heterocycles. The molecule has 1 fully saturated rings. The van der Waals surface area contributed by atoms with Gasteiger partial charge >= 0.3 is 0 Å². The van der Waals surface area contributed by atoms with Gasteiger partial charge in [0.05, 0.1) is 26.5 Å². The van der Waals surface area contributed by atoms with Gasteiger partial charge in [0, 0.05) is 31.1 Å². The van der Waals surface area contributed by atoms with Crippen molar-refractivity contribution in [2.24, 2.45) is 0 Å². The molecule has 0 bridgehead atoms. The molecule has 27 heavy (non-hydrogen) atoms. The maximum Gasteiger partial charge on any atom is 0.261 e. The van der Waals surface area contributed by atoms with Crippen LogP contribution in [-0.4, -0.2) is 61.1 Å². The van der Waals surface area contributed by atoms with E-state index in [0.29, 0.717) is 30.2 Å². The molecule has 0 N–H and O–H groups in total. The van der Waals surface area contributed by atoms with Crippen LogP contribution >= 0.6 is 11.3 Å². The fraction of sp³-hybridized carbons (Fsp3) is 0.500. The quantitative estimate of drug-likeness (QED) is 0.789. The third kappa shape index (κ3) is 3.66. The Hall–Kier alpha value is -2.12. The van der Waals surface area contributed by atoms with Crippen molar-refractivity contribution in [3.8, 4) is 11.5 Å². The topological polar surface area (TPSA) is 54.9 Å². The summed E-state index contributed by atoms with van der Waals surface area (Å²) in [6.07, 6.45) is 3.58. The van der Waals surface area contributed by atoms with Gasteiger partial charge in [-0.15, -0.1) is 11.3 Å². The van der Waals surface area contributed by atoms with Crippen molar-refractivity contribution < 1.29 is 14.3 Å². The molecule has 1 aromatic heterocycles. The lowest BCUT2D eigenvalue weighted by atomic mass is 10.1. The average Bonchev–Trinajstić information content (AvgIpc) is 3.29. The largest absolute Gasteiger partial charge is 0.496 e. The van der Waals surface area contributed by atoms with Crippen molar-refractivity contribution in [2.45, 2.75) is 25.8 Å². The second kappa shape index (κ2) is 7.86. The molecule has 1 saturated heterocycles. The number of amides is 1. The van der Waals surface area contributed by atoms with E-state index in [-0.39, 0.29) is 5.91 Å². The molecule has 1 amide bonds. The highest BCUT2D eigenvalue weighted by Gasteiger charge is 2.27. The van der Waals surface area contributed by atoms with E-state index in [4.69, 9.17) is 14.5 Å². The number of thiazole rings is 1. The molecule has 2 aromatic rings. The smallest absolute Gasteiger partial charge is 0.261 e. The van der Waals surface area contributed by atoms with Crippen LogP contribution in [0.5, 0.6) is 11.5 Å². The number of methoxy groups -OCH3 is 2. The van der Waals surface area contributed by atoms with E-state index in [2.05, 4.69) is 4.90 Å². The van der Waals surface area contributed by atoms with E-state index >= 15 is 0 Å². The van der Waals surface area contributed by atoms with Gasteiger partial charge in [0.15, 0.2) is 0 Å². The molecule has 6 nitrogen and oxygen atoms in total. The number of piperazine rings is 1. The van der Waals surface area contributed by atoms with Crippen LogP contribution in [0, 0.1) is 0 Å². The number of ether oxygens (including phenoxy) is 2. The molecule has 0 unspecified atom stereocenters. The van der Waals surface area contributed by atoms with E-state index in [1.165, 1.54) is 28.4 Å². The summed E-state index contributed by atoms with van der Waals surface area (Å²) < 4.78 is 10.8. The van der Waals surface area contributed by atoms with Crippen molar-refractivity contribution in [2.75, 3.05) is 40.4 Å². The Morgan fingerprint density at radius 3 is 2.44 bits per heavy atom. The first-order valence-corrected chi connectivity index (χ1v) is 10.2. The summed E-state index contributed by atoms with van der Waals surface area (Å²) >= 11 is 1.86. The van der Waals surface area contributed by atoms with Crippen molar-refractivity contribution in [3.63, 3.8) is 0 Å². The number of fused-ring (bicyclic) bond motifs is 1. The lowest BCUT2D eigenvalue weighted by Gasteiger charge is -2.34. The van der Waals surface area contributed by atoms with Gasteiger partial charge in [-0.3, -0.25) is 9.69 Å². The van der Waals surface area contributed by atoms with E-state index in [1.807, 2.05) is 22.3 Å². The Labute approximate surface area is 163 Å². The van der Waals surface area contributed by atoms with Gasteiger partial charge in [-0.1, -0.05) is 6.07 Å². The molecule has 0 spiro atoms. The predicted molar refractivity (Wildman–Crippen MR) is 105 cm³/mol. The fourth-order valence-corrected chi connectivity index (χ4v) is 5.03. The highest BCUT2D eigenvalue weighted by atomic mass is 32.1. The normalized spacial score (nSPS) is 17.0. The van der Waals surface area contributed by atoms with Crippen LogP contribution in [0.25, 0.3) is 0 Å². The first kappa shape index (κ1) is 18.3. The number of rotatable bonds is 5. The Morgan fingerprint density at radius 1 is 1.11 bits per heavy atom. The molecule has 1 aliphatic heterocycles. The maximum atomic E-state index is 13.1. The zero-order chi connectivity index (χ0) is 18.8. The molecular weight excluding hydrogens is 362 g/mol. The lowest BCUT2D eigenvalue weighted by Crippen LogP contribution is -2.48. The first-order valence-electron chi connectivity index (χ1n) is 9.39. The molecule has 1 aliphatic carbocycles. The van der Waals surface area contributed by atoms with Gasteiger partial charge in [-0.05, 0) is 31.4 Å². The SMILES string of the molecule is COc1cccc(OC)c1C(=O)N1CCN(Cc2nc3c(s2)CCC3)CC1. The molecule has 4 rings (SSSR count). The first-order chi connectivity index (χ1) is 13.2. The van der Waals surface area contributed by atoms with Gasteiger partial charge in [0.25, 0.3) is 5.91 Å². The third-order valence-electron chi connectivity index (χ3n) is 5.30. The van der Waals surface area contributed by atoms with Crippen LogP contribution in [0.4, 0.5) is 0 Å². The molecule has 144 valence electrons.